The van der Waals surface area contributed by atoms with Gasteiger partial charge >= 0.3 is 6.18 Å². The summed E-state index contributed by atoms with van der Waals surface area (Å²) in [5.41, 5.74) is 1.49. The number of rotatable bonds is 6. The number of hydrogen-bond acceptors (Lipinski definition) is 4. The second kappa shape index (κ2) is 9.90. The number of piperazine rings is 1. The van der Waals surface area contributed by atoms with Crippen molar-refractivity contribution >= 4 is 18.3 Å². The third-order valence-corrected chi connectivity index (χ3v) is 4.48. The van der Waals surface area contributed by atoms with E-state index in [9.17, 15) is 18.0 Å². The Morgan fingerprint density at radius 2 is 1.89 bits per heavy atom. The second-order valence-electron chi connectivity index (χ2n) is 6.45. The Hall–Kier alpha value is -2.10. The summed E-state index contributed by atoms with van der Waals surface area (Å²) in [5, 5.41) is 9.64. The fourth-order valence-corrected chi connectivity index (χ4v) is 3.08. The van der Waals surface area contributed by atoms with Gasteiger partial charge in [-0.05, 0) is 17.7 Å². The highest BCUT2D eigenvalue weighted by Crippen LogP contribution is 2.24. The van der Waals surface area contributed by atoms with Crippen LogP contribution in [0.25, 0.3) is 5.69 Å². The van der Waals surface area contributed by atoms with Crippen molar-refractivity contribution < 1.29 is 18.0 Å². The van der Waals surface area contributed by atoms with E-state index in [1.807, 2.05) is 30.3 Å². The van der Waals surface area contributed by atoms with Crippen molar-refractivity contribution in [3.63, 3.8) is 0 Å². The number of hydrogen-bond donors (Lipinski definition) is 2. The lowest BCUT2D eigenvalue weighted by molar-refractivity contribution is -0.184. The van der Waals surface area contributed by atoms with Crippen molar-refractivity contribution in [1.29, 1.82) is 0 Å². The monoisotopic (exact) mass is 417 g/mol. The van der Waals surface area contributed by atoms with Crippen LogP contribution in [-0.2, 0) is 11.2 Å². The molecule has 1 amide bonds. The Balaban J connectivity index is 0.00000280. The topological polar surface area (TPSA) is 62.2 Å². The summed E-state index contributed by atoms with van der Waals surface area (Å²) in [5.74, 6) is -0.452. The van der Waals surface area contributed by atoms with Crippen LogP contribution in [0, 0.1) is 0 Å². The Morgan fingerprint density at radius 1 is 1.21 bits per heavy atom. The van der Waals surface area contributed by atoms with Gasteiger partial charge in [0.05, 0.1) is 18.3 Å². The summed E-state index contributed by atoms with van der Waals surface area (Å²) in [6, 6.07) is 7.71. The Kier molecular flexibility index (Phi) is 7.85. The second-order valence-corrected chi connectivity index (χ2v) is 6.45. The van der Waals surface area contributed by atoms with Gasteiger partial charge in [-0.2, -0.15) is 18.3 Å². The highest BCUT2D eigenvalue weighted by molar-refractivity contribution is 5.85. The molecular formula is C18H23ClF3N5O. The fourth-order valence-electron chi connectivity index (χ4n) is 3.08. The van der Waals surface area contributed by atoms with Crippen LogP contribution in [0.2, 0.25) is 0 Å². The normalized spacial score (nSPS) is 16.2. The number of aromatic nitrogens is 2. The van der Waals surface area contributed by atoms with E-state index in [-0.39, 0.29) is 18.8 Å². The van der Waals surface area contributed by atoms with E-state index in [1.165, 1.54) is 4.90 Å². The molecule has 0 radical (unpaired) electrons. The molecule has 0 bridgehead atoms. The molecule has 2 aromatic rings. The van der Waals surface area contributed by atoms with Crippen molar-refractivity contribution in [3.05, 3.63) is 48.3 Å². The van der Waals surface area contributed by atoms with Gasteiger partial charge in [0.2, 0.25) is 5.91 Å². The van der Waals surface area contributed by atoms with E-state index >= 15 is 0 Å². The summed E-state index contributed by atoms with van der Waals surface area (Å²) < 4.78 is 41.7. The summed E-state index contributed by atoms with van der Waals surface area (Å²) in [7, 11) is 0. The molecule has 0 aliphatic carbocycles. The number of amides is 1. The van der Waals surface area contributed by atoms with Gasteiger partial charge < -0.3 is 10.6 Å². The maximum atomic E-state index is 13.3. The maximum absolute atomic E-state index is 13.3. The minimum atomic E-state index is -4.39. The van der Waals surface area contributed by atoms with Crippen LogP contribution in [0.15, 0.2) is 42.7 Å². The predicted octanol–water partition coefficient (Wildman–Crippen LogP) is 1.79. The minimum Gasteiger partial charge on any atom is -0.354 e. The minimum absolute atomic E-state index is 0. The molecule has 1 aromatic carbocycles. The lowest BCUT2D eigenvalue weighted by Gasteiger charge is -2.35. The number of benzene rings is 1. The van der Waals surface area contributed by atoms with Crippen LogP contribution in [0.3, 0.4) is 0 Å². The first-order valence-electron chi connectivity index (χ1n) is 8.80. The average molecular weight is 418 g/mol. The zero-order valence-electron chi connectivity index (χ0n) is 15.2. The number of halogens is 4. The zero-order chi connectivity index (χ0) is 19.3. The molecule has 0 saturated carbocycles. The molecule has 2 heterocycles. The lowest BCUT2D eigenvalue weighted by Crippen LogP contribution is -2.57. The number of carbonyl (C=O) groups excluding carboxylic acids is 1. The fraction of sp³-hybridized carbons (Fsp3) is 0.444. The molecule has 3 rings (SSSR count). The lowest BCUT2D eigenvalue weighted by atomic mass is 10.2. The molecule has 6 nitrogen and oxygen atoms in total. The molecule has 2 N–H and O–H groups in total. The van der Waals surface area contributed by atoms with E-state index in [0.717, 1.165) is 5.69 Å². The summed E-state index contributed by atoms with van der Waals surface area (Å²) in [4.78, 5) is 13.5. The molecule has 1 fully saturated rings. The van der Waals surface area contributed by atoms with E-state index < -0.39 is 24.7 Å². The third-order valence-electron chi connectivity index (χ3n) is 4.48. The van der Waals surface area contributed by atoms with E-state index in [1.54, 1.807) is 17.1 Å². The number of para-hydroxylation sites is 1. The van der Waals surface area contributed by atoms with Gasteiger partial charge in [-0.25, -0.2) is 4.68 Å². The number of nitrogens with one attached hydrogen (secondary N) is 2. The number of carbonyl (C=O) groups is 1. The molecular weight excluding hydrogens is 395 g/mol. The molecule has 28 heavy (non-hydrogen) atoms. The maximum Gasteiger partial charge on any atom is 0.405 e. The van der Waals surface area contributed by atoms with Crippen LogP contribution in [0.5, 0.6) is 0 Å². The quantitative estimate of drug-likeness (QED) is 0.752. The highest BCUT2D eigenvalue weighted by Gasteiger charge is 2.43. The van der Waals surface area contributed by atoms with Crippen molar-refractivity contribution in [2.45, 2.75) is 18.6 Å². The average Bonchev–Trinajstić information content (AvgIpc) is 3.11. The van der Waals surface area contributed by atoms with E-state index in [2.05, 4.69) is 15.7 Å². The van der Waals surface area contributed by atoms with Gasteiger partial charge in [0.15, 0.2) is 0 Å². The van der Waals surface area contributed by atoms with Crippen LogP contribution >= 0.6 is 12.4 Å². The van der Waals surface area contributed by atoms with Gasteiger partial charge in [0, 0.05) is 38.9 Å². The predicted molar refractivity (Wildman–Crippen MR) is 102 cm³/mol. The smallest absolute Gasteiger partial charge is 0.354 e. The van der Waals surface area contributed by atoms with E-state index in [4.69, 9.17) is 0 Å². The summed E-state index contributed by atoms with van der Waals surface area (Å²) in [6.07, 6.45) is -1.15. The first-order valence-corrected chi connectivity index (χ1v) is 8.80. The Morgan fingerprint density at radius 3 is 2.54 bits per heavy atom. The van der Waals surface area contributed by atoms with Gasteiger partial charge in [0.1, 0.15) is 6.04 Å². The Bertz CT molecular complexity index is 747. The van der Waals surface area contributed by atoms with Gasteiger partial charge in [-0.1, -0.05) is 18.2 Å². The van der Waals surface area contributed by atoms with Gasteiger partial charge in [-0.3, -0.25) is 9.69 Å². The molecule has 1 aliphatic rings. The van der Waals surface area contributed by atoms with Crippen LogP contribution in [0.4, 0.5) is 13.2 Å². The molecule has 154 valence electrons. The van der Waals surface area contributed by atoms with Crippen molar-refractivity contribution in [1.82, 2.24) is 25.3 Å². The summed E-state index contributed by atoms with van der Waals surface area (Å²) >= 11 is 0. The highest BCUT2D eigenvalue weighted by atomic mass is 35.5. The van der Waals surface area contributed by atoms with Crippen LogP contribution < -0.4 is 10.6 Å². The zero-order valence-corrected chi connectivity index (χ0v) is 16.0. The van der Waals surface area contributed by atoms with Crippen molar-refractivity contribution in [3.8, 4) is 5.69 Å². The standard InChI is InChI=1S/C18H22F3N5O.ClH/c19-18(20,21)16(25-8-6-22-7-9-25)12-23-17(27)10-14-11-24-26(13-14)15-4-2-1-3-5-15;/h1-5,11,13,16,22H,6-10,12H2,(H,23,27);1H. The van der Waals surface area contributed by atoms with Crippen molar-refractivity contribution in [2.24, 2.45) is 0 Å². The molecule has 1 aromatic heterocycles. The first kappa shape index (κ1) is 22.2. The van der Waals surface area contributed by atoms with Gasteiger partial charge in [-0.15, -0.1) is 12.4 Å². The third kappa shape index (κ3) is 5.95. The van der Waals surface area contributed by atoms with Gasteiger partial charge in [0.25, 0.3) is 0 Å². The molecule has 0 spiro atoms. The molecule has 10 heteroatoms. The SMILES string of the molecule is Cl.O=C(Cc1cnn(-c2ccccc2)c1)NCC(N1CCNCC1)C(F)(F)F. The number of alkyl halides is 3. The van der Waals surface area contributed by atoms with Crippen LogP contribution in [-0.4, -0.2) is 65.5 Å². The molecule has 1 aliphatic heterocycles. The molecule has 1 unspecified atom stereocenters. The first-order chi connectivity index (χ1) is 12.9. The molecule has 1 saturated heterocycles. The largest absolute Gasteiger partial charge is 0.405 e. The van der Waals surface area contributed by atoms with Crippen LogP contribution in [0.1, 0.15) is 5.56 Å². The van der Waals surface area contributed by atoms with E-state index in [0.29, 0.717) is 31.7 Å². The van der Waals surface area contributed by atoms with Crippen molar-refractivity contribution in [2.75, 3.05) is 32.7 Å². The molecule has 1 atom stereocenters. The Labute approximate surface area is 167 Å². The summed E-state index contributed by atoms with van der Waals surface area (Å²) in [6.45, 7) is 1.20. The number of nitrogens with zero attached hydrogens (tertiary/aromatic N) is 3.